The lowest BCUT2D eigenvalue weighted by molar-refractivity contribution is 0.272. The van der Waals surface area contributed by atoms with Crippen molar-refractivity contribution in [1.82, 2.24) is 9.99 Å². The normalized spacial score (nSPS) is 17.7. The molecule has 0 unspecified atom stereocenters. The van der Waals surface area contributed by atoms with Gasteiger partial charge in [-0.3, -0.25) is 0 Å². The number of nitrogens with one attached hydrogen (secondary N) is 1. The van der Waals surface area contributed by atoms with Gasteiger partial charge in [0.05, 0.1) is 4.47 Å². The van der Waals surface area contributed by atoms with E-state index in [-0.39, 0.29) is 0 Å². The van der Waals surface area contributed by atoms with Gasteiger partial charge < -0.3 is 5.43 Å². The Kier molecular flexibility index (Phi) is 3.59. The number of rotatable bonds is 2. The number of anilines is 1. The van der Waals surface area contributed by atoms with Crippen LogP contribution in [0.5, 0.6) is 0 Å². The van der Waals surface area contributed by atoms with Crippen molar-refractivity contribution in [2.24, 2.45) is 0 Å². The lowest BCUT2D eigenvalue weighted by Crippen LogP contribution is -2.35. The summed E-state index contributed by atoms with van der Waals surface area (Å²) in [6.07, 6.45) is 5.74. The summed E-state index contributed by atoms with van der Waals surface area (Å²) in [6, 6.07) is 2.01. The lowest BCUT2D eigenvalue weighted by Gasteiger charge is -2.27. The first-order chi connectivity index (χ1) is 7.27. The lowest BCUT2D eigenvalue weighted by atomic mass is 10.2. The Balaban J connectivity index is 2.06. The van der Waals surface area contributed by atoms with Crippen molar-refractivity contribution in [2.75, 3.05) is 18.5 Å². The molecule has 1 aliphatic rings. The molecule has 15 heavy (non-hydrogen) atoms. The Morgan fingerprint density at radius 2 is 2.07 bits per heavy atom. The van der Waals surface area contributed by atoms with Gasteiger partial charge in [-0.25, -0.2) is 9.99 Å². The second-order valence-electron chi connectivity index (χ2n) is 3.95. The minimum absolute atomic E-state index is 0.928. The number of aromatic nitrogens is 1. The van der Waals surface area contributed by atoms with Gasteiger partial charge in [0.1, 0.15) is 0 Å². The first kappa shape index (κ1) is 10.9. The number of aryl methyl sites for hydroxylation is 1. The largest absolute Gasteiger partial charge is 0.302 e. The van der Waals surface area contributed by atoms with Crippen molar-refractivity contribution in [2.45, 2.75) is 26.2 Å². The predicted molar refractivity (Wildman–Crippen MR) is 65.7 cm³/mol. The monoisotopic (exact) mass is 269 g/mol. The van der Waals surface area contributed by atoms with Crippen LogP contribution in [0.25, 0.3) is 0 Å². The first-order valence-electron chi connectivity index (χ1n) is 5.40. The highest BCUT2D eigenvalue weighted by Gasteiger charge is 2.12. The second-order valence-corrected chi connectivity index (χ2v) is 4.74. The van der Waals surface area contributed by atoms with E-state index in [9.17, 15) is 0 Å². The van der Waals surface area contributed by atoms with Crippen LogP contribution in [0.15, 0.2) is 16.7 Å². The molecule has 0 radical (unpaired) electrons. The molecule has 0 saturated carbocycles. The smallest absolute Gasteiger partial charge is 0.154 e. The van der Waals surface area contributed by atoms with E-state index < -0.39 is 0 Å². The number of pyridine rings is 1. The van der Waals surface area contributed by atoms with Crippen LogP contribution in [0.3, 0.4) is 0 Å². The first-order valence-corrected chi connectivity index (χ1v) is 6.19. The van der Waals surface area contributed by atoms with Crippen LogP contribution >= 0.6 is 15.9 Å². The summed E-state index contributed by atoms with van der Waals surface area (Å²) in [5, 5.41) is 2.25. The number of hydrogen-bond acceptors (Lipinski definition) is 3. The number of hydrogen-bond donors (Lipinski definition) is 1. The van der Waals surface area contributed by atoms with Gasteiger partial charge in [0.15, 0.2) is 5.82 Å². The molecule has 1 aromatic heterocycles. The molecule has 4 heteroatoms. The molecule has 1 aliphatic heterocycles. The average Bonchev–Trinajstić information content (AvgIpc) is 2.26. The fourth-order valence-corrected chi connectivity index (χ4v) is 2.10. The Bertz CT molecular complexity index is 335. The molecular weight excluding hydrogens is 254 g/mol. The van der Waals surface area contributed by atoms with E-state index in [1.165, 1.54) is 24.8 Å². The van der Waals surface area contributed by atoms with Crippen molar-refractivity contribution in [3.8, 4) is 0 Å². The Morgan fingerprint density at radius 1 is 1.33 bits per heavy atom. The van der Waals surface area contributed by atoms with Crippen LogP contribution in [-0.2, 0) is 0 Å². The summed E-state index contributed by atoms with van der Waals surface area (Å²) in [7, 11) is 0. The molecule has 1 fully saturated rings. The molecule has 1 aromatic rings. The molecule has 82 valence electrons. The van der Waals surface area contributed by atoms with Gasteiger partial charge in [-0.1, -0.05) is 6.42 Å². The van der Waals surface area contributed by atoms with Crippen LogP contribution in [0.4, 0.5) is 5.82 Å². The van der Waals surface area contributed by atoms with Crippen molar-refractivity contribution in [3.05, 3.63) is 22.3 Å². The van der Waals surface area contributed by atoms with Crippen LogP contribution in [0.2, 0.25) is 0 Å². The molecule has 2 rings (SSSR count). The highest BCUT2D eigenvalue weighted by molar-refractivity contribution is 9.10. The van der Waals surface area contributed by atoms with Crippen molar-refractivity contribution in [3.63, 3.8) is 0 Å². The third-order valence-electron chi connectivity index (χ3n) is 2.70. The quantitative estimate of drug-likeness (QED) is 0.895. The van der Waals surface area contributed by atoms with Gasteiger partial charge in [0, 0.05) is 19.3 Å². The van der Waals surface area contributed by atoms with Gasteiger partial charge in [-0.05, 0) is 47.3 Å². The molecule has 3 nitrogen and oxygen atoms in total. The molecule has 2 heterocycles. The van der Waals surface area contributed by atoms with E-state index in [0.717, 1.165) is 23.4 Å². The average molecular weight is 270 g/mol. The minimum atomic E-state index is 0.928. The highest BCUT2D eigenvalue weighted by Crippen LogP contribution is 2.24. The van der Waals surface area contributed by atoms with Crippen LogP contribution in [0.1, 0.15) is 24.8 Å². The van der Waals surface area contributed by atoms with E-state index >= 15 is 0 Å². The molecule has 0 atom stereocenters. The summed E-state index contributed by atoms with van der Waals surface area (Å²) < 4.78 is 1.07. The zero-order valence-electron chi connectivity index (χ0n) is 8.96. The summed E-state index contributed by atoms with van der Waals surface area (Å²) >= 11 is 3.56. The van der Waals surface area contributed by atoms with Crippen LogP contribution in [0, 0.1) is 6.92 Å². The van der Waals surface area contributed by atoms with Crippen molar-refractivity contribution < 1.29 is 0 Å². The third kappa shape index (κ3) is 2.69. The Labute approximate surface area is 99.0 Å². The van der Waals surface area contributed by atoms with E-state index in [1.807, 2.05) is 12.3 Å². The third-order valence-corrected chi connectivity index (χ3v) is 3.70. The SMILES string of the molecule is Cc1ccnc(NN2CCCCC2)c1Br. The van der Waals surface area contributed by atoms with Gasteiger partial charge in [-0.15, -0.1) is 0 Å². The maximum atomic E-state index is 4.33. The van der Waals surface area contributed by atoms with Gasteiger partial charge in [-0.2, -0.15) is 0 Å². The maximum Gasteiger partial charge on any atom is 0.154 e. The molecular formula is C11H16BrN3. The minimum Gasteiger partial charge on any atom is -0.302 e. The molecule has 1 N–H and O–H groups in total. The van der Waals surface area contributed by atoms with Crippen molar-refractivity contribution in [1.29, 1.82) is 0 Å². The number of nitrogens with zero attached hydrogens (tertiary/aromatic N) is 2. The Morgan fingerprint density at radius 3 is 2.80 bits per heavy atom. The summed E-state index contributed by atoms with van der Waals surface area (Å²) in [5.74, 6) is 0.928. The van der Waals surface area contributed by atoms with Gasteiger partial charge in [0.2, 0.25) is 0 Å². The molecule has 0 amide bonds. The molecule has 0 aromatic carbocycles. The van der Waals surface area contributed by atoms with Gasteiger partial charge >= 0.3 is 0 Å². The summed E-state index contributed by atoms with van der Waals surface area (Å²) in [6.45, 7) is 4.30. The summed E-state index contributed by atoms with van der Waals surface area (Å²) in [5.41, 5.74) is 4.58. The highest BCUT2D eigenvalue weighted by atomic mass is 79.9. The molecule has 0 bridgehead atoms. The molecule has 0 spiro atoms. The number of piperidine rings is 1. The fraction of sp³-hybridized carbons (Fsp3) is 0.545. The number of hydrazine groups is 1. The molecule has 1 saturated heterocycles. The zero-order chi connectivity index (χ0) is 10.7. The fourth-order valence-electron chi connectivity index (χ4n) is 1.77. The maximum absolute atomic E-state index is 4.33. The standard InChI is InChI=1S/C11H16BrN3/c1-9-5-6-13-11(10(9)12)14-15-7-3-2-4-8-15/h5-6H,2-4,7-8H2,1H3,(H,13,14). The number of halogens is 1. The van der Waals surface area contributed by atoms with Crippen molar-refractivity contribution >= 4 is 21.7 Å². The van der Waals surface area contributed by atoms with E-state index in [1.54, 1.807) is 0 Å². The van der Waals surface area contributed by atoms with E-state index in [4.69, 9.17) is 0 Å². The second kappa shape index (κ2) is 4.94. The van der Waals surface area contributed by atoms with E-state index in [2.05, 4.69) is 38.3 Å². The Hall–Kier alpha value is -0.610. The topological polar surface area (TPSA) is 28.2 Å². The van der Waals surface area contributed by atoms with Crippen LogP contribution in [-0.4, -0.2) is 23.1 Å². The molecule has 0 aliphatic carbocycles. The van der Waals surface area contributed by atoms with Gasteiger partial charge in [0.25, 0.3) is 0 Å². The van der Waals surface area contributed by atoms with Crippen LogP contribution < -0.4 is 5.43 Å². The van der Waals surface area contributed by atoms with E-state index in [0.29, 0.717) is 0 Å². The predicted octanol–water partition coefficient (Wildman–Crippen LogP) is 2.97. The summed E-state index contributed by atoms with van der Waals surface area (Å²) in [4.78, 5) is 4.33. The zero-order valence-corrected chi connectivity index (χ0v) is 10.5.